The van der Waals surface area contributed by atoms with Crippen LogP contribution in [0.15, 0.2) is 47.5 Å². The smallest absolute Gasteiger partial charge is 0.414 e. The molecular weight excluding hydrogens is 492 g/mol. The SMILES string of the molecule is COc1ccc2nccc(N3CC[C@@H](NCCC4CN(c5ccc6c(c5)NC(=O)CS6)C(=O)O4)C3)c2n1. The van der Waals surface area contributed by atoms with E-state index in [-0.39, 0.29) is 18.1 Å². The van der Waals surface area contributed by atoms with Crippen molar-refractivity contribution in [3.05, 3.63) is 42.6 Å². The van der Waals surface area contributed by atoms with E-state index in [0.717, 1.165) is 65.5 Å². The lowest BCUT2D eigenvalue weighted by atomic mass is 10.2. The zero-order chi connectivity index (χ0) is 25.4. The number of pyridine rings is 2. The summed E-state index contributed by atoms with van der Waals surface area (Å²) in [7, 11) is 1.62. The number of amides is 2. The molecule has 6 rings (SSSR count). The number of carbonyl (C=O) groups is 2. The maximum atomic E-state index is 12.6. The van der Waals surface area contributed by atoms with E-state index in [9.17, 15) is 9.59 Å². The Morgan fingerprint density at radius 2 is 2.14 bits per heavy atom. The molecule has 0 aliphatic carbocycles. The molecule has 0 bridgehead atoms. The molecule has 2 aromatic heterocycles. The number of fused-ring (bicyclic) bond motifs is 2. The van der Waals surface area contributed by atoms with Gasteiger partial charge in [-0.25, -0.2) is 9.78 Å². The Labute approximate surface area is 218 Å². The minimum Gasteiger partial charge on any atom is -0.481 e. The van der Waals surface area contributed by atoms with Crippen molar-refractivity contribution in [2.24, 2.45) is 0 Å². The molecule has 11 heteroatoms. The van der Waals surface area contributed by atoms with Gasteiger partial charge in [0.25, 0.3) is 0 Å². The fourth-order valence-corrected chi connectivity index (χ4v) is 5.87. The second-order valence-corrected chi connectivity index (χ2v) is 10.4. The molecule has 37 heavy (non-hydrogen) atoms. The molecule has 192 valence electrons. The number of carbonyl (C=O) groups excluding carboxylic acids is 2. The van der Waals surface area contributed by atoms with Crippen LogP contribution in [0.2, 0.25) is 0 Å². The summed E-state index contributed by atoms with van der Waals surface area (Å²) in [6.45, 7) is 3.04. The molecule has 2 N–H and O–H groups in total. The van der Waals surface area contributed by atoms with Crippen LogP contribution in [0, 0.1) is 0 Å². The summed E-state index contributed by atoms with van der Waals surface area (Å²) < 4.78 is 10.9. The number of hydrogen-bond donors (Lipinski definition) is 2. The third-order valence-electron chi connectivity index (χ3n) is 6.96. The van der Waals surface area contributed by atoms with E-state index in [1.807, 2.05) is 42.6 Å². The first-order valence-corrected chi connectivity index (χ1v) is 13.4. The number of benzene rings is 1. The van der Waals surface area contributed by atoms with Gasteiger partial charge in [-0.1, -0.05) is 0 Å². The van der Waals surface area contributed by atoms with Gasteiger partial charge in [0.1, 0.15) is 11.6 Å². The minimum atomic E-state index is -0.348. The molecule has 0 spiro atoms. The fraction of sp³-hybridized carbons (Fsp3) is 0.385. The molecule has 2 saturated heterocycles. The van der Waals surface area contributed by atoms with Gasteiger partial charge in [0.05, 0.1) is 36.3 Å². The Morgan fingerprint density at radius 1 is 1.22 bits per heavy atom. The highest BCUT2D eigenvalue weighted by Gasteiger charge is 2.33. The molecule has 1 unspecified atom stereocenters. The lowest BCUT2D eigenvalue weighted by Gasteiger charge is -2.21. The van der Waals surface area contributed by atoms with E-state index in [4.69, 9.17) is 9.47 Å². The molecule has 0 radical (unpaired) electrons. The monoisotopic (exact) mass is 520 g/mol. The van der Waals surface area contributed by atoms with Gasteiger partial charge in [-0.3, -0.25) is 14.7 Å². The summed E-state index contributed by atoms with van der Waals surface area (Å²) in [5.74, 6) is 0.965. The van der Waals surface area contributed by atoms with Crippen molar-refractivity contribution >= 4 is 51.9 Å². The second kappa shape index (κ2) is 10.1. The summed E-state index contributed by atoms with van der Waals surface area (Å²) in [6.07, 6.45) is 3.04. The largest absolute Gasteiger partial charge is 0.481 e. The van der Waals surface area contributed by atoms with Crippen molar-refractivity contribution in [3.8, 4) is 5.88 Å². The Balaban J connectivity index is 1.03. The Hall–Kier alpha value is -3.57. The van der Waals surface area contributed by atoms with Crippen molar-refractivity contribution < 1.29 is 19.1 Å². The summed E-state index contributed by atoms with van der Waals surface area (Å²) in [4.78, 5) is 38.3. The molecular formula is C26H28N6O4S. The number of methoxy groups -OCH3 is 1. The third kappa shape index (κ3) is 4.88. The topological polar surface area (TPSA) is 109 Å². The van der Waals surface area contributed by atoms with Crippen molar-refractivity contribution in [2.45, 2.75) is 29.9 Å². The Bertz CT molecular complexity index is 1350. The van der Waals surface area contributed by atoms with E-state index in [1.54, 1.807) is 12.0 Å². The normalized spacial score (nSPS) is 21.2. The molecule has 3 aliphatic rings. The van der Waals surface area contributed by atoms with Crippen molar-refractivity contribution in [1.82, 2.24) is 15.3 Å². The van der Waals surface area contributed by atoms with Crippen LogP contribution in [0.25, 0.3) is 11.0 Å². The zero-order valence-corrected chi connectivity index (χ0v) is 21.3. The first kappa shape index (κ1) is 23.8. The van der Waals surface area contributed by atoms with E-state index in [1.165, 1.54) is 11.8 Å². The lowest BCUT2D eigenvalue weighted by molar-refractivity contribution is -0.113. The highest BCUT2D eigenvalue weighted by Crippen LogP contribution is 2.35. The Morgan fingerprint density at radius 3 is 3.03 bits per heavy atom. The van der Waals surface area contributed by atoms with Gasteiger partial charge in [0.15, 0.2) is 0 Å². The highest BCUT2D eigenvalue weighted by atomic mass is 32.2. The molecule has 1 aromatic carbocycles. The number of nitrogens with one attached hydrogen (secondary N) is 2. The fourth-order valence-electron chi connectivity index (χ4n) is 5.08. The van der Waals surface area contributed by atoms with E-state index in [2.05, 4.69) is 25.5 Å². The van der Waals surface area contributed by atoms with Crippen LogP contribution in [-0.2, 0) is 9.53 Å². The molecule has 2 fully saturated rings. The number of thioether (sulfide) groups is 1. The highest BCUT2D eigenvalue weighted by molar-refractivity contribution is 8.00. The lowest BCUT2D eigenvalue weighted by Crippen LogP contribution is -2.35. The number of rotatable bonds is 7. The van der Waals surface area contributed by atoms with E-state index < -0.39 is 0 Å². The van der Waals surface area contributed by atoms with Crippen LogP contribution in [0.3, 0.4) is 0 Å². The molecule has 10 nitrogen and oxygen atoms in total. The number of nitrogens with zero attached hydrogens (tertiary/aromatic N) is 4. The van der Waals surface area contributed by atoms with Crippen LogP contribution in [0.4, 0.5) is 21.9 Å². The average molecular weight is 521 g/mol. The van der Waals surface area contributed by atoms with Crippen molar-refractivity contribution in [2.75, 3.05) is 54.2 Å². The average Bonchev–Trinajstić information content (AvgIpc) is 3.54. The molecule has 3 aromatic rings. The summed E-state index contributed by atoms with van der Waals surface area (Å²) >= 11 is 1.50. The van der Waals surface area contributed by atoms with Gasteiger partial charge in [-0.15, -0.1) is 11.8 Å². The van der Waals surface area contributed by atoms with Crippen molar-refractivity contribution in [1.29, 1.82) is 0 Å². The first-order valence-electron chi connectivity index (χ1n) is 12.4. The summed E-state index contributed by atoms with van der Waals surface area (Å²) in [5, 5.41) is 6.51. The summed E-state index contributed by atoms with van der Waals surface area (Å²) in [6, 6.07) is 11.8. The second-order valence-electron chi connectivity index (χ2n) is 9.36. The van der Waals surface area contributed by atoms with Crippen LogP contribution < -0.4 is 25.2 Å². The number of ether oxygens (including phenoxy) is 2. The molecule has 2 amide bonds. The summed E-state index contributed by atoms with van der Waals surface area (Å²) in [5.41, 5.74) is 4.25. The van der Waals surface area contributed by atoms with Crippen LogP contribution >= 0.6 is 11.8 Å². The van der Waals surface area contributed by atoms with Gasteiger partial charge < -0.3 is 25.0 Å². The predicted octanol–water partition coefficient (Wildman–Crippen LogP) is 3.27. The number of anilines is 3. The maximum Gasteiger partial charge on any atom is 0.414 e. The molecule has 3 aliphatic heterocycles. The standard InChI is InChI=1S/C26H28N6O4S/c1-35-24-5-3-19-25(30-24)21(7-10-28-19)31-11-8-16(13-31)27-9-6-18-14-32(26(34)36-18)17-2-4-22-20(12-17)29-23(33)15-37-22/h2-5,7,10,12,16,18,27H,6,8-9,11,13-15H2,1H3,(H,29,33)/t16-,18?/m1/s1. The molecule has 0 saturated carbocycles. The Kier molecular flexibility index (Phi) is 6.47. The van der Waals surface area contributed by atoms with Crippen molar-refractivity contribution in [3.63, 3.8) is 0 Å². The molecule has 5 heterocycles. The van der Waals surface area contributed by atoms with Gasteiger partial charge in [0, 0.05) is 42.0 Å². The number of hydrogen-bond acceptors (Lipinski definition) is 9. The van der Waals surface area contributed by atoms with Gasteiger partial charge in [-0.2, -0.15) is 0 Å². The molecule has 2 atom stereocenters. The van der Waals surface area contributed by atoms with E-state index in [0.29, 0.717) is 24.2 Å². The third-order valence-corrected chi connectivity index (χ3v) is 8.03. The predicted molar refractivity (Wildman–Crippen MR) is 143 cm³/mol. The van der Waals surface area contributed by atoms with Gasteiger partial charge >= 0.3 is 6.09 Å². The zero-order valence-electron chi connectivity index (χ0n) is 20.5. The minimum absolute atomic E-state index is 0.0267. The quantitative estimate of drug-likeness (QED) is 0.485. The van der Waals surface area contributed by atoms with Crippen LogP contribution in [0.5, 0.6) is 5.88 Å². The van der Waals surface area contributed by atoms with Gasteiger partial charge in [0.2, 0.25) is 11.8 Å². The van der Waals surface area contributed by atoms with Crippen LogP contribution in [0.1, 0.15) is 12.8 Å². The van der Waals surface area contributed by atoms with Gasteiger partial charge in [-0.05, 0) is 49.7 Å². The van der Waals surface area contributed by atoms with E-state index >= 15 is 0 Å². The number of cyclic esters (lactones) is 1. The number of aromatic nitrogens is 2. The maximum absolute atomic E-state index is 12.6. The van der Waals surface area contributed by atoms with Crippen LogP contribution in [-0.4, -0.2) is 73.2 Å². The first-order chi connectivity index (χ1) is 18.1.